The first-order valence-electron chi connectivity index (χ1n) is 3.64. The predicted molar refractivity (Wildman–Crippen MR) is 51.9 cm³/mol. The molecule has 0 aromatic heterocycles. The number of hydrogen-bond acceptors (Lipinski definition) is 0. The molecule has 0 saturated carbocycles. The molecular weight excluding hydrogens is 248 g/mol. The molecule has 0 amide bonds. The molecule has 0 spiro atoms. The van der Waals surface area contributed by atoms with Gasteiger partial charge < -0.3 is 0 Å². The van der Waals surface area contributed by atoms with E-state index in [0.29, 0.717) is 0 Å². The van der Waals surface area contributed by atoms with Crippen LogP contribution in [0.5, 0.6) is 0 Å². The average Bonchev–Trinajstić information content (AvgIpc) is 2.07. The van der Waals surface area contributed by atoms with Crippen LogP contribution in [0.15, 0.2) is 36.4 Å². The molecule has 0 saturated heterocycles. The molecule has 0 unspecified atom stereocenters. The summed E-state index contributed by atoms with van der Waals surface area (Å²) in [5.41, 5.74) is 1.31. The van der Waals surface area contributed by atoms with Gasteiger partial charge in [0, 0.05) is 0 Å². The van der Waals surface area contributed by atoms with Gasteiger partial charge in [-0.25, -0.2) is 0 Å². The fourth-order valence-corrected chi connectivity index (χ4v) is 1.67. The fraction of sp³-hybridized carbons (Fsp3) is 0.200. The number of hydrogen-bond donors (Lipinski definition) is 0. The van der Waals surface area contributed by atoms with E-state index in [1.54, 1.807) is 0 Å². The molecule has 1 heteroatoms. The SMILES string of the molecule is C[Te]CC=Cc1ccccc1. The third kappa shape index (κ3) is 3.60. The van der Waals surface area contributed by atoms with E-state index in [4.69, 9.17) is 0 Å². The van der Waals surface area contributed by atoms with E-state index in [2.05, 4.69) is 41.4 Å². The van der Waals surface area contributed by atoms with E-state index in [1.807, 2.05) is 6.07 Å². The summed E-state index contributed by atoms with van der Waals surface area (Å²) in [6.07, 6.45) is 4.48. The summed E-state index contributed by atoms with van der Waals surface area (Å²) >= 11 is 0.276. The van der Waals surface area contributed by atoms with E-state index in [0.717, 1.165) is 0 Å². The van der Waals surface area contributed by atoms with Crippen molar-refractivity contribution in [1.82, 2.24) is 0 Å². The van der Waals surface area contributed by atoms with Crippen LogP contribution in [0.3, 0.4) is 0 Å². The molecule has 0 N–H and O–H groups in total. The summed E-state index contributed by atoms with van der Waals surface area (Å²) in [6.45, 7) is 0. The molecule has 0 aliphatic carbocycles. The van der Waals surface area contributed by atoms with Crippen LogP contribution >= 0.6 is 0 Å². The monoisotopic (exact) mass is 262 g/mol. The zero-order chi connectivity index (χ0) is 7.94. The molecule has 0 aliphatic rings. The van der Waals surface area contributed by atoms with Gasteiger partial charge in [0.05, 0.1) is 0 Å². The molecule has 0 radical (unpaired) electrons. The quantitative estimate of drug-likeness (QED) is 0.733. The average molecular weight is 260 g/mol. The minimum atomic E-state index is 0.276. The van der Waals surface area contributed by atoms with Crippen molar-refractivity contribution in [2.45, 2.75) is 9.44 Å². The van der Waals surface area contributed by atoms with E-state index in [9.17, 15) is 0 Å². The van der Waals surface area contributed by atoms with Gasteiger partial charge in [-0.2, -0.15) is 0 Å². The fourth-order valence-electron chi connectivity index (χ4n) is 0.845. The number of rotatable bonds is 3. The minimum absolute atomic E-state index is 0.276. The summed E-state index contributed by atoms with van der Waals surface area (Å²) in [5.74, 6) is 0. The standard InChI is InChI=1S/C10H12Te/c1-11-9-5-8-10-6-3-2-4-7-10/h2-8H,9H2,1H3. The first-order chi connectivity index (χ1) is 5.43. The Bertz CT molecular complexity index is 214. The number of benzene rings is 1. The molecular formula is C10H12Te. The predicted octanol–water partition coefficient (Wildman–Crippen LogP) is 2.87. The van der Waals surface area contributed by atoms with Gasteiger partial charge in [0.2, 0.25) is 0 Å². The summed E-state index contributed by atoms with van der Waals surface area (Å²) in [7, 11) is 0. The van der Waals surface area contributed by atoms with Crippen molar-refractivity contribution in [2.24, 2.45) is 0 Å². The van der Waals surface area contributed by atoms with Gasteiger partial charge in [0.15, 0.2) is 0 Å². The first kappa shape index (κ1) is 8.84. The van der Waals surface area contributed by atoms with Crippen molar-refractivity contribution >= 4 is 27.0 Å². The Morgan fingerprint density at radius 3 is 2.64 bits per heavy atom. The molecule has 0 aliphatic heterocycles. The second kappa shape index (κ2) is 5.41. The Morgan fingerprint density at radius 1 is 1.27 bits per heavy atom. The van der Waals surface area contributed by atoms with Crippen LogP contribution in [0.4, 0.5) is 0 Å². The van der Waals surface area contributed by atoms with Crippen LogP contribution in [0, 0.1) is 0 Å². The van der Waals surface area contributed by atoms with Crippen LogP contribution < -0.4 is 0 Å². The van der Waals surface area contributed by atoms with Crippen molar-refractivity contribution in [1.29, 1.82) is 0 Å². The Hall–Kier alpha value is -0.250. The maximum absolute atomic E-state index is 2.32. The summed E-state index contributed by atoms with van der Waals surface area (Å²) in [4.78, 5) is 2.32. The van der Waals surface area contributed by atoms with E-state index >= 15 is 0 Å². The molecule has 0 heterocycles. The van der Waals surface area contributed by atoms with Crippen molar-refractivity contribution in [3.63, 3.8) is 0 Å². The normalized spacial score (nSPS) is 10.6. The first-order valence-corrected chi connectivity index (χ1v) is 7.62. The van der Waals surface area contributed by atoms with Crippen LogP contribution in [0.2, 0.25) is 9.44 Å². The van der Waals surface area contributed by atoms with Gasteiger partial charge in [-0.1, -0.05) is 0 Å². The molecule has 1 rings (SSSR count). The zero-order valence-electron chi connectivity index (χ0n) is 6.66. The van der Waals surface area contributed by atoms with E-state index in [1.165, 1.54) is 10.0 Å². The van der Waals surface area contributed by atoms with Crippen molar-refractivity contribution in [3.8, 4) is 0 Å². The van der Waals surface area contributed by atoms with E-state index in [-0.39, 0.29) is 20.9 Å². The number of allylic oxidation sites excluding steroid dienone is 1. The molecule has 1 aromatic rings. The molecule has 0 fully saturated rings. The molecule has 0 atom stereocenters. The summed E-state index contributed by atoms with van der Waals surface area (Å²) in [6, 6.07) is 10.5. The molecule has 0 bridgehead atoms. The zero-order valence-corrected chi connectivity index (χ0v) is 8.99. The van der Waals surface area contributed by atoms with Gasteiger partial charge in [-0.15, -0.1) is 0 Å². The van der Waals surface area contributed by atoms with Crippen LogP contribution in [-0.2, 0) is 0 Å². The van der Waals surface area contributed by atoms with Gasteiger partial charge >= 0.3 is 78.4 Å². The molecule has 11 heavy (non-hydrogen) atoms. The Balaban J connectivity index is 2.50. The molecule has 1 aromatic carbocycles. The van der Waals surface area contributed by atoms with Crippen LogP contribution in [-0.4, -0.2) is 20.9 Å². The van der Waals surface area contributed by atoms with Gasteiger partial charge in [0.1, 0.15) is 0 Å². The van der Waals surface area contributed by atoms with Gasteiger partial charge in [0.25, 0.3) is 0 Å². The van der Waals surface area contributed by atoms with Crippen molar-refractivity contribution < 1.29 is 0 Å². The van der Waals surface area contributed by atoms with Crippen molar-refractivity contribution in [2.75, 3.05) is 0 Å². The van der Waals surface area contributed by atoms with Crippen molar-refractivity contribution in [3.05, 3.63) is 42.0 Å². The Labute approximate surface area is 78.4 Å². The topological polar surface area (TPSA) is 0 Å². The summed E-state index contributed by atoms with van der Waals surface area (Å²) in [5, 5.41) is 0. The molecule has 58 valence electrons. The van der Waals surface area contributed by atoms with Gasteiger partial charge in [-0.05, 0) is 0 Å². The maximum atomic E-state index is 2.32. The second-order valence-electron chi connectivity index (χ2n) is 2.27. The van der Waals surface area contributed by atoms with Gasteiger partial charge in [-0.3, -0.25) is 0 Å². The summed E-state index contributed by atoms with van der Waals surface area (Å²) < 4.78 is 1.31. The Kier molecular flexibility index (Phi) is 4.35. The molecule has 0 nitrogen and oxygen atoms in total. The second-order valence-corrected chi connectivity index (χ2v) is 4.87. The third-order valence-corrected chi connectivity index (χ3v) is 2.87. The third-order valence-electron chi connectivity index (χ3n) is 1.37. The van der Waals surface area contributed by atoms with Crippen LogP contribution in [0.1, 0.15) is 5.56 Å². The van der Waals surface area contributed by atoms with E-state index < -0.39 is 0 Å². The Morgan fingerprint density at radius 2 is 2.00 bits per heavy atom. The van der Waals surface area contributed by atoms with Crippen LogP contribution in [0.25, 0.3) is 6.08 Å².